The number of aromatic nitrogens is 3. The molecule has 24 heavy (non-hydrogen) atoms. The van der Waals surface area contributed by atoms with E-state index in [1.807, 2.05) is 0 Å². The molecule has 0 amide bonds. The lowest BCUT2D eigenvalue weighted by molar-refractivity contribution is 0.660. The van der Waals surface area contributed by atoms with Crippen molar-refractivity contribution < 1.29 is 0 Å². The van der Waals surface area contributed by atoms with E-state index in [2.05, 4.69) is 51.3 Å². The normalized spacial score (nSPS) is 10.7. The summed E-state index contributed by atoms with van der Waals surface area (Å²) in [4.78, 5) is 15.8. The molecule has 0 saturated heterocycles. The van der Waals surface area contributed by atoms with E-state index < -0.39 is 0 Å². The Labute approximate surface area is 146 Å². The molecular weight excluding hydrogens is 302 g/mol. The molecule has 1 heterocycles. The van der Waals surface area contributed by atoms with Crippen molar-refractivity contribution in [3.63, 3.8) is 0 Å². The third kappa shape index (κ3) is 7.77. The number of rotatable bonds is 14. The van der Waals surface area contributed by atoms with Crippen molar-refractivity contribution in [1.29, 1.82) is 0 Å². The average molecular weight is 338 g/mol. The highest BCUT2D eigenvalue weighted by Crippen LogP contribution is 2.14. The van der Waals surface area contributed by atoms with E-state index in [0.717, 1.165) is 64.4 Å². The molecule has 0 bridgehead atoms. The summed E-state index contributed by atoms with van der Waals surface area (Å²) in [5, 5.41) is 6.64. The summed E-state index contributed by atoms with van der Waals surface area (Å²) < 4.78 is 0. The minimum Gasteiger partial charge on any atom is -0.354 e. The number of unbranched alkanes of at least 4 members (excludes halogenated alkanes) is 4. The molecule has 7 nitrogen and oxygen atoms in total. The molecule has 1 rings (SSSR count). The van der Waals surface area contributed by atoms with Crippen LogP contribution in [0.25, 0.3) is 0 Å². The van der Waals surface area contributed by atoms with Gasteiger partial charge in [0, 0.05) is 26.2 Å². The number of hydrogen-bond donors (Lipinski definition) is 3. The molecule has 0 aliphatic heterocycles. The van der Waals surface area contributed by atoms with E-state index >= 15 is 0 Å². The first-order valence-electron chi connectivity index (χ1n) is 9.43. The van der Waals surface area contributed by atoms with Gasteiger partial charge in [-0.15, -0.1) is 0 Å². The van der Waals surface area contributed by atoms with Crippen molar-refractivity contribution in [2.75, 3.05) is 48.3 Å². The minimum absolute atomic E-state index is 0.657. The van der Waals surface area contributed by atoms with Gasteiger partial charge in [-0.05, 0) is 39.7 Å². The van der Waals surface area contributed by atoms with Crippen LogP contribution in [0.3, 0.4) is 0 Å². The van der Waals surface area contributed by atoms with Crippen molar-refractivity contribution in [3.05, 3.63) is 0 Å². The first kappa shape index (κ1) is 20.4. The molecule has 0 radical (unpaired) electrons. The van der Waals surface area contributed by atoms with Crippen LogP contribution in [0.1, 0.15) is 59.3 Å². The second kappa shape index (κ2) is 12.8. The largest absolute Gasteiger partial charge is 0.354 e. The summed E-state index contributed by atoms with van der Waals surface area (Å²) in [6.07, 6.45) is 6.82. The molecule has 0 atom stereocenters. The Morgan fingerprint density at radius 1 is 0.792 bits per heavy atom. The maximum absolute atomic E-state index is 5.52. The Bertz CT molecular complexity index is 435. The monoisotopic (exact) mass is 337 g/mol. The Hall–Kier alpha value is -1.63. The van der Waals surface area contributed by atoms with Crippen LogP contribution >= 0.6 is 0 Å². The van der Waals surface area contributed by atoms with Gasteiger partial charge in [0.1, 0.15) is 0 Å². The van der Waals surface area contributed by atoms with Gasteiger partial charge >= 0.3 is 0 Å². The highest BCUT2D eigenvalue weighted by molar-refractivity contribution is 5.43. The summed E-state index contributed by atoms with van der Waals surface area (Å²) in [5.74, 6) is 2.05. The molecule has 1 aromatic heterocycles. The lowest BCUT2D eigenvalue weighted by Gasteiger charge is -2.20. The van der Waals surface area contributed by atoms with Gasteiger partial charge in [-0.3, -0.25) is 0 Å². The maximum atomic E-state index is 5.52. The molecule has 138 valence electrons. The molecule has 4 N–H and O–H groups in total. The van der Waals surface area contributed by atoms with Gasteiger partial charge in [0.05, 0.1) is 0 Å². The van der Waals surface area contributed by atoms with E-state index in [9.17, 15) is 0 Å². The zero-order valence-corrected chi connectivity index (χ0v) is 15.6. The van der Waals surface area contributed by atoms with Crippen LogP contribution in [-0.4, -0.2) is 47.7 Å². The summed E-state index contributed by atoms with van der Waals surface area (Å²) in [6, 6.07) is 0. The van der Waals surface area contributed by atoms with Crippen LogP contribution in [0.4, 0.5) is 17.8 Å². The number of hydrogen-bond acceptors (Lipinski definition) is 7. The lowest BCUT2D eigenvalue weighted by Crippen LogP contribution is -2.25. The highest BCUT2D eigenvalue weighted by atomic mass is 15.3. The van der Waals surface area contributed by atoms with Gasteiger partial charge in [0.25, 0.3) is 0 Å². The van der Waals surface area contributed by atoms with Crippen LogP contribution in [-0.2, 0) is 0 Å². The fourth-order valence-electron chi connectivity index (χ4n) is 2.37. The van der Waals surface area contributed by atoms with E-state index in [4.69, 9.17) is 5.73 Å². The van der Waals surface area contributed by atoms with Crippen molar-refractivity contribution in [3.8, 4) is 0 Å². The van der Waals surface area contributed by atoms with E-state index in [1.165, 1.54) is 12.8 Å². The summed E-state index contributed by atoms with van der Waals surface area (Å²) in [6.45, 7) is 10.7. The minimum atomic E-state index is 0.657. The maximum Gasteiger partial charge on any atom is 0.231 e. The molecule has 0 aromatic carbocycles. The Morgan fingerprint density at radius 3 is 1.92 bits per heavy atom. The Kier molecular flexibility index (Phi) is 10.8. The first-order chi connectivity index (χ1) is 11.7. The molecule has 0 saturated carbocycles. The van der Waals surface area contributed by atoms with Crippen molar-refractivity contribution in [2.45, 2.75) is 59.3 Å². The van der Waals surface area contributed by atoms with Gasteiger partial charge in [0.2, 0.25) is 17.8 Å². The van der Waals surface area contributed by atoms with Gasteiger partial charge in [-0.25, -0.2) is 0 Å². The Balaban J connectivity index is 2.66. The quantitative estimate of drug-likeness (QED) is 0.450. The van der Waals surface area contributed by atoms with Crippen LogP contribution < -0.4 is 21.3 Å². The highest BCUT2D eigenvalue weighted by Gasteiger charge is 2.10. The van der Waals surface area contributed by atoms with Gasteiger partial charge in [0.15, 0.2) is 0 Å². The van der Waals surface area contributed by atoms with Crippen molar-refractivity contribution in [2.24, 2.45) is 5.73 Å². The molecular formula is C17H35N7. The molecule has 7 heteroatoms. The molecule has 1 aromatic rings. The zero-order valence-electron chi connectivity index (χ0n) is 15.6. The van der Waals surface area contributed by atoms with Crippen LogP contribution in [0.15, 0.2) is 0 Å². The molecule has 0 aliphatic carbocycles. The fraction of sp³-hybridized carbons (Fsp3) is 0.824. The Morgan fingerprint density at radius 2 is 1.38 bits per heavy atom. The SMILES string of the molecule is CCCCNc1nc(NCCCCCCN)nc(N(CC)CC)n1. The van der Waals surface area contributed by atoms with Crippen LogP contribution in [0.5, 0.6) is 0 Å². The van der Waals surface area contributed by atoms with Crippen molar-refractivity contribution >= 4 is 17.8 Å². The second-order valence-corrected chi connectivity index (χ2v) is 5.86. The molecule has 0 fully saturated rings. The lowest BCUT2D eigenvalue weighted by atomic mass is 10.2. The van der Waals surface area contributed by atoms with E-state index in [-0.39, 0.29) is 0 Å². The number of nitrogens with zero attached hydrogens (tertiary/aromatic N) is 4. The third-order valence-electron chi connectivity index (χ3n) is 3.90. The van der Waals surface area contributed by atoms with Crippen molar-refractivity contribution in [1.82, 2.24) is 15.0 Å². The third-order valence-corrected chi connectivity index (χ3v) is 3.90. The van der Waals surface area contributed by atoms with E-state index in [1.54, 1.807) is 0 Å². The second-order valence-electron chi connectivity index (χ2n) is 5.86. The standard InChI is InChI=1S/C17H35N7/c1-4-7-13-19-15-21-16(20-14-11-9-8-10-12-18)23-17(22-15)24(5-2)6-3/h4-14,18H2,1-3H3,(H2,19,20,21,22,23). The van der Waals surface area contributed by atoms with Crippen LogP contribution in [0.2, 0.25) is 0 Å². The number of nitrogens with two attached hydrogens (primary N) is 1. The summed E-state index contributed by atoms with van der Waals surface area (Å²) in [5.41, 5.74) is 5.52. The van der Waals surface area contributed by atoms with Gasteiger partial charge < -0.3 is 21.3 Å². The number of anilines is 3. The summed E-state index contributed by atoms with van der Waals surface area (Å²) in [7, 11) is 0. The molecule has 0 unspecified atom stereocenters. The average Bonchev–Trinajstić information content (AvgIpc) is 2.59. The molecule has 0 spiro atoms. The molecule has 0 aliphatic rings. The van der Waals surface area contributed by atoms with Gasteiger partial charge in [-0.2, -0.15) is 15.0 Å². The predicted molar refractivity (Wildman–Crippen MR) is 103 cm³/mol. The topological polar surface area (TPSA) is 92.0 Å². The smallest absolute Gasteiger partial charge is 0.231 e. The predicted octanol–water partition coefficient (Wildman–Crippen LogP) is 2.86. The zero-order chi connectivity index (χ0) is 17.6. The van der Waals surface area contributed by atoms with E-state index in [0.29, 0.717) is 11.9 Å². The first-order valence-corrected chi connectivity index (χ1v) is 9.43. The van der Waals surface area contributed by atoms with Crippen LogP contribution in [0, 0.1) is 0 Å². The summed E-state index contributed by atoms with van der Waals surface area (Å²) >= 11 is 0. The van der Waals surface area contributed by atoms with Gasteiger partial charge in [-0.1, -0.05) is 26.2 Å². The fourth-order valence-corrected chi connectivity index (χ4v) is 2.37. The number of nitrogens with one attached hydrogen (secondary N) is 2.